The summed E-state index contributed by atoms with van der Waals surface area (Å²) >= 11 is 0. The molecule has 0 atom stereocenters. The first kappa shape index (κ1) is 21.2. The molecule has 2 aromatic rings. The van der Waals surface area contributed by atoms with Gasteiger partial charge in [-0.25, -0.2) is 17.2 Å². The van der Waals surface area contributed by atoms with Crippen molar-refractivity contribution in [2.75, 3.05) is 36.4 Å². The predicted octanol–water partition coefficient (Wildman–Crippen LogP) is 2.95. The summed E-state index contributed by atoms with van der Waals surface area (Å²) in [7, 11) is -4.17. The monoisotopic (exact) mass is 423 g/mol. The zero-order valence-corrected chi connectivity index (χ0v) is 16.9. The molecule has 2 aromatic carbocycles. The Morgan fingerprint density at radius 3 is 2.62 bits per heavy atom. The van der Waals surface area contributed by atoms with Crippen molar-refractivity contribution < 1.29 is 22.0 Å². The molecule has 0 bridgehead atoms. The molecule has 0 saturated carbocycles. The lowest BCUT2D eigenvalue weighted by atomic mass is 10.2. The van der Waals surface area contributed by atoms with E-state index in [0.717, 1.165) is 50.4 Å². The van der Waals surface area contributed by atoms with Crippen molar-refractivity contribution in [1.82, 2.24) is 5.32 Å². The molecule has 1 aliphatic rings. The second-order valence-corrected chi connectivity index (χ2v) is 8.67. The number of rotatable bonds is 5. The van der Waals surface area contributed by atoms with E-state index in [9.17, 15) is 22.0 Å². The molecule has 1 amide bonds. The van der Waals surface area contributed by atoms with Gasteiger partial charge in [-0.05, 0) is 49.4 Å². The van der Waals surface area contributed by atoms with Gasteiger partial charge in [0.2, 0.25) is 15.7 Å². The Morgan fingerprint density at radius 1 is 1.10 bits per heavy atom. The molecule has 0 unspecified atom stereocenters. The molecule has 1 aliphatic heterocycles. The zero-order valence-electron chi connectivity index (χ0n) is 16.0. The number of nitrogens with one attached hydrogen (secondary N) is 2. The van der Waals surface area contributed by atoms with Crippen molar-refractivity contribution >= 4 is 27.1 Å². The highest BCUT2D eigenvalue weighted by Crippen LogP contribution is 2.32. The van der Waals surface area contributed by atoms with Crippen LogP contribution in [0.1, 0.15) is 19.8 Å². The van der Waals surface area contributed by atoms with Crippen LogP contribution in [0.15, 0.2) is 46.2 Å². The summed E-state index contributed by atoms with van der Waals surface area (Å²) in [5, 5.41) is 5.93. The van der Waals surface area contributed by atoms with E-state index in [1.165, 1.54) is 6.07 Å². The quantitative estimate of drug-likeness (QED) is 0.723. The van der Waals surface area contributed by atoms with Crippen molar-refractivity contribution in [1.29, 1.82) is 0 Å². The van der Waals surface area contributed by atoms with Gasteiger partial charge in [0.25, 0.3) is 0 Å². The Kier molecular flexibility index (Phi) is 6.49. The van der Waals surface area contributed by atoms with Crippen LogP contribution < -0.4 is 15.5 Å². The normalized spacial score (nSPS) is 15.1. The average molecular weight is 423 g/mol. The number of carbonyl (C=O) groups is 1. The van der Waals surface area contributed by atoms with E-state index in [-0.39, 0.29) is 27.8 Å². The highest BCUT2D eigenvalue weighted by molar-refractivity contribution is 7.91. The smallest absolute Gasteiger partial charge is 0.224 e. The molecular weight excluding hydrogens is 400 g/mol. The average Bonchev–Trinajstić information content (AvgIpc) is 2.99. The fourth-order valence-electron chi connectivity index (χ4n) is 3.16. The van der Waals surface area contributed by atoms with Gasteiger partial charge in [-0.3, -0.25) is 4.79 Å². The highest BCUT2D eigenvalue weighted by Gasteiger charge is 2.25. The SMILES string of the molecule is CCC(=O)Nc1cc(N2CCCNCC2)ccc1S(=O)(=O)c1ccc(F)c(F)c1. The number of nitrogens with zero attached hydrogens (tertiary/aromatic N) is 1. The van der Waals surface area contributed by atoms with Crippen LogP contribution >= 0.6 is 0 Å². The van der Waals surface area contributed by atoms with Crippen LogP contribution in [0.5, 0.6) is 0 Å². The number of carbonyl (C=O) groups excluding carboxylic acids is 1. The van der Waals surface area contributed by atoms with Crippen LogP contribution in [-0.4, -0.2) is 40.5 Å². The molecule has 0 aromatic heterocycles. The largest absolute Gasteiger partial charge is 0.370 e. The summed E-state index contributed by atoms with van der Waals surface area (Å²) in [5.41, 5.74) is 0.903. The third kappa shape index (κ3) is 4.73. The van der Waals surface area contributed by atoms with Crippen molar-refractivity contribution in [3.63, 3.8) is 0 Å². The molecule has 0 spiro atoms. The molecule has 0 radical (unpaired) electrons. The standard InChI is InChI=1S/C20H23F2N3O3S/c1-2-20(26)24-18-12-14(25-10-3-8-23-9-11-25)4-7-19(18)29(27,28)15-5-6-16(21)17(22)13-15/h4-7,12-13,23H,2-3,8-11H2,1H3,(H,24,26). The lowest BCUT2D eigenvalue weighted by Gasteiger charge is -2.24. The van der Waals surface area contributed by atoms with Crippen molar-refractivity contribution in [3.8, 4) is 0 Å². The van der Waals surface area contributed by atoms with E-state index < -0.39 is 21.5 Å². The Morgan fingerprint density at radius 2 is 1.90 bits per heavy atom. The van der Waals surface area contributed by atoms with Crippen molar-refractivity contribution in [2.24, 2.45) is 0 Å². The van der Waals surface area contributed by atoms with Crippen LogP contribution in [0.3, 0.4) is 0 Å². The molecular formula is C20H23F2N3O3S. The van der Waals surface area contributed by atoms with Gasteiger partial charge >= 0.3 is 0 Å². The van der Waals surface area contributed by atoms with Gasteiger partial charge < -0.3 is 15.5 Å². The third-order valence-electron chi connectivity index (χ3n) is 4.75. The minimum atomic E-state index is -4.17. The number of anilines is 2. The van der Waals surface area contributed by atoms with E-state index in [4.69, 9.17) is 0 Å². The minimum Gasteiger partial charge on any atom is -0.370 e. The number of hydrogen-bond donors (Lipinski definition) is 2. The Labute approximate surface area is 168 Å². The number of amides is 1. The summed E-state index contributed by atoms with van der Waals surface area (Å²) in [6.07, 6.45) is 1.11. The van der Waals surface area contributed by atoms with Gasteiger partial charge in [-0.1, -0.05) is 6.92 Å². The molecule has 6 nitrogen and oxygen atoms in total. The molecule has 156 valence electrons. The second kappa shape index (κ2) is 8.87. The lowest BCUT2D eigenvalue weighted by Crippen LogP contribution is -2.28. The number of benzene rings is 2. The van der Waals surface area contributed by atoms with Crippen molar-refractivity contribution in [2.45, 2.75) is 29.6 Å². The predicted molar refractivity (Wildman–Crippen MR) is 107 cm³/mol. The van der Waals surface area contributed by atoms with Gasteiger partial charge in [0.1, 0.15) is 0 Å². The number of hydrogen-bond acceptors (Lipinski definition) is 5. The maximum absolute atomic E-state index is 13.6. The molecule has 3 rings (SSSR count). The summed E-state index contributed by atoms with van der Waals surface area (Å²) < 4.78 is 53.0. The molecule has 1 heterocycles. The fourth-order valence-corrected chi connectivity index (χ4v) is 4.57. The molecule has 1 fully saturated rings. The second-order valence-electron chi connectivity index (χ2n) is 6.75. The molecule has 29 heavy (non-hydrogen) atoms. The maximum Gasteiger partial charge on any atom is 0.224 e. The van der Waals surface area contributed by atoms with Gasteiger partial charge in [0.15, 0.2) is 11.6 Å². The van der Waals surface area contributed by atoms with E-state index in [2.05, 4.69) is 15.5 Å². The summed E-state index contributed by atoms with van der Waals surface area (Å²) in [6.45, 7) is 4.90. The zero-order chi connectivity index (χ0) is 21.0. The number of sulfone groups is 1. The first-order valence-corrected chi connectivity index (χ1v) is 10.9. The van der Waals surface area contributed by atoms with Gasteiger partial charge in [0, 0.05) is 31.7 Å². The third-order valence-corrected chi connectivity index (χ3v) is 6.56. The Bertz CT molecular complexity index is 1000. The van der Waals surface area contributed by atoms with Crippen LogP contribution in [0, 0.1) is 11.6 Å². The van der Waals surface area contributed by atoms with E-state index in [0.29, 0.717) is 6.07 Å². The molecule has 9 heteroatoms. The topological polar surface area (TPSA) is 78.5 Å². The van der Waals surface area contributed by atoms with Crippen LogP contribution in [-0.2, 0) is 14.6 Å². The number of halogens is 2. The van der Waals surface area contributed by atoms with Crippen LogP contribution in [0.2, 0.25) is 0 Å². The Balaban J connectivity index is 2.06. The van der Waals surface area contributed by atoms with Gasteiger partial charge in [-0.2, -0.15) is 0 Å². The highest BCUT2D eigenvalue weighted by atomic mass is 32.2. The van der Waals surface area contributed by atoms with Crippen LogP contribution in [0.25, 0.3) is 0 Å². The first-order valence-electron chi connectivity index (χ1n) is 9.42. The fraction of sp³-hybridized carbons (Fsp3) is 0.350. The van der Waals surface area contributed by atoms with E-state index >= 15 is 0 Å². The maximum atomic E-state index is 13.6. The molecule has 2 N–H and O–H groups in total. The summed E-state index contributed by atoms with van der Waals surface area (Å²) in [6, 6.07) is 7.10. The summed E-state index contributed by atoms with van der Waals surface area (Å²) in [5.74, 6) is -2.73. The molecule has 0 aliphatic carbocycles. The summed E-state index contributed by atoms with van der Waals surface area (Å²) in [4.78, 5) is 13.6. The van der Waals surface area contributed by atoms with Gasteiger partial charge in [-0.15, -0.1) is 0 Å². The first-order chi connectivity index (χ1) is 13.8. The minimum absolute atomic E-state index is 0.122. The van der Waals surface area contributed by atoms with Gasteiger partial charge in [0.05, 0.1) is 15.5 Å². The lowest BCUT2D eigenvalue weighted by molar-refractivity contribution is -0.115. The Hall–Kier alpha value is -2.52. The molecule has 1 saturated heterocycles. The van der Waals surface area contributed by atoms with Crippen LogP contribution in [0.4, 0.5) is 20.2 Å². The van der Waals surface area contributed by atoms with Crippen molar-refractivity contribution in [3.05, 3.63) is 48.0 Å². The van der Waals surface area contributed by atoms with E-state index in [1.807, 2.05) is 0 Å². The van der Waals surface area contributed by atoms with E-state index in [1.54, 1.807) is 19.1 Å².